The Bertz CT molecular complexity index is 923. The first-order valence-corrected chi connectivity index (χ1v) is 6.08. The van der Waals surface area contributed by atoms with Crippen LogP contribution in [0.25, 0.3) is 11.2 Å². The van der Waals surface area contributed by atoms with Crippen molar-refractivity contribution >= 4 is 17.1 Å². The molecule has 3 heterocycles. The topological polar surface area (TPSA) is 142 Å². The molecule has 0 atom stereocenters. The smallest absolute Gasteiger partial charge is 0.332 e. The van der Waals surface area contributed by atoms with E-state index in [1.54, 1.807) is 7.05 Å². The molecule has 3 rings (SSSR count). The molecule has 10 heteroatoms. The van der Waals surface area contributed by atoms with Crippen LogP contribution in [0.3, 0.4) is 0 Å². The highest BCUT2D eigenvalue weighted by Crippen LogP contribution is 1.97. The summed E-state index contributed by atoms with van der Waals surface area (Å²) in [5.41, 5.74) is 5.08. The van der Waals surface area contributed by atoms with Gasteiger partial charge in [0.05, 0.1) is 12.5 Å². The third kappa shape index (κ3) is 2.75. The van der Waals surface area contributed by atoms with Gasteiger partial charge in [-0.1, -0.05) is 0 Å². The monoisotopic (exact) mass is 303 g/mol. The van der Waals surface area contributed by atoms with Crippen LogP contribution < -0.4 is 17.0 Å². The molecule has 0 fully saturated rings. The van der Waals surface area contributed by atoms with Crippen molar-refractivity contribution in [3.63, 3.8) is 0 Å². The maximum absolute atomic E-state index is 11.4. The molecular formula is C12H13N7O3. The molecule has 0 spiro atoms. The molecule has 0 saturated carbocycles. The average Bonchev–Trinajstić information content (AvgIpc) is 3.02. The first kappa shape index (κ1) is 15.1. The molecular weight excluding hydrogens is 290 g/mol. The number of H-pyrrole nitrogens is 1. The molecule has 1 amide bonds. The number of nitrogens with two attached hydrogens (primary N) is 1. The summed E-state index contributed by atoms with van der Waals surface area (Å²) in [6.07, 6.45) is 5.61. The number of nitrogens with one attached hydrogen (secondary N) is 1. The van der Waals surface area contributed by atoms with E-state index in [2.05, 4.69) is 19.9 Å². The Morgan fingerprint density at radius 1 is 1.18 bits per heavy atom. The molecule has 0 aromatic carbocycles. The van der Waals surface area contributed by atoms with Crippen LogP contribution in [-0.2, 0) is 14.1 Å². The second kappa shape index (κ2) is 5.99. The standard InChI is InChI=1S/C7H8N4O2.C5H5N3O/c1-10-5-4(8-3-9-5)6(12)11(2)7(10)13;6-5(9)4-3-7-1-2-8-4/h3H,1-2H3,(H,8,9);1-3H,(H2,6,9). The Hall–Kier alpha value is -3.30. The van der Waals surface area contributed by atoms with E-state index in [1.807, 2.05) is 0 Å². The van der Waals surface area contributed by atoms with Gasteiger partial charge in [0.15, 0.2) is 5.65 Å². The highest BCUT2D eigenvalue weighted by Gasteiger charge is 2.08. The van der Waals surface area contributed by atoms with Gasteiger partial charge in [0.2, 0.25) is 0 Å². The van der Waals surface area contributed by atoms with Crippen molar-refractivity contribution in [2.75, 3.05) is 0 Å². The van der Waals surface area contributed by atoms with Crippen LogP contribution in [0, 0.1) is 0 Å². The number of imidazole rings is 1. The van der Waals surface area contributed by atoms with Crippen molar-refractivity contribution in [2.24, 2.45) is 19.8 Å². The van der Waals surface area contributed by atoms with Gasteiger partial charge < -0.3 is 10.7 Å². The zero-order valence-corrected chi connectivity index (χ0v) is 11.8. The number of aryl methyl sites for hydroxylation is 1. The lowest BCUT2D eigenvalue weighted by Gasteiger charge is -2.00. The van der Waals surface area contributed by atoms with Crippen molar-refractivity contribution < 1.29 is 4.79 Å². The molecule has 0 aliphatic rings. The van der Waals surface area contributed by atoms with Gasteiger partial charge in [0.1, 0.15) is 11.2 Å². The fraction of sp³-hybridized carbons (Fsp3) is 0.167. The van der Waals surface area contributed by atoms with E-state index in [4.69, 9.17) is 5.73 Å². The summed E-state index contributed by atoms with van der Waals surface area (Å²) in [6, 6.07) is 0. The van der Waals surface area contributed by atoms with Gasteiger partial charge in [0, 0.05) is 26.5 Å². The summed E-state index contributed by atoms with van der Waals surface area (Å²) in [7, 11) is 3.01. The Morgan fingerprint density at radius 3 is 2.45 bits per heavy atom. The lowest BCUT2D eigenvalue weighted by molar-refractivity contribution is 0.0995. The number of aromatic nitrogens is 6. The van der Waals surface area contributed by atoms with E-state index >= 15 is 0 Å². The molecule has 0 saturated heterocycles. The van der Waals surface area contributed by atoms with E-state index in [0.717, 1.165) is 4.57 Å². The minimum Gasteiger partial charge on any atom is -0.364 e. The predicted octanol–water partition coefficient (Wildman–Crippen LogP) is -1.46. The van der Waals surface area contributed by atoms with E-state index in [1.165, 1.54) is 36.5 Å². The van der Waals surface area contributed by atoms with Crippen molar-refractivity contribution in [3.05, 3.63) is 51.4 Å². The third-order valence-electron chi connectivity index (χ3n) is 2.85. The Balaban J connectivity index is 0.000000172. The van der Waals surface area contributed by atoms with Gasteiger partial charge in [-0.2, -0.15) is 0 Å². The number of primary amides is 1. The molecule has 114 valence electrons. The molecule has 3 aromatic rings. The second-order valence-corrected chi connectivity index (χ2v) is 4.26. The van der Waals surface area contributed by atoms with Crippen LogP contribution in [-0.4, -0.2) is 35.0 Å². The largest absolute Gasteiger partial charge is 0.364 e. The third-order valence-corrected chi connectivity index (χ3v) is 2.85. The number of aromatic amines is 1. The highest BCUT2D eigenvalue weighted by atomic mass is 16.2. The lowest BCUT2D eigenvalue weighted by Crippen LogP contribution is -2.36. The number of hydrogen-bond donors (Lipinski definition) is 2. The number of amides is 1. The fourth-order valence-electron chi connectivity index (χ4n) is 1.70. The summed E-state index contributed by atoms with van der Waals surface area (Å²) in [5.74, 6) is -0.553. The van der Waals surface area contributed by atoms with E-state index in [-0.39, 0.29) is 16.9 Å². The molecule has 3 N–H and O–H groups in total. The van der Waals surface area contributed by atoms with Gasteiger partial charge in [-0.15, -0.1) is 0 Å². The van der Waals surface area contributed by atoms with Gasteiger partial charge in [-0.25, -0.2) is 14.8 Å². The second-order valence-electron chi connectivity index (χ2n) is 4.26. The Morgan fingerprint density at radius 2 is 1.91 bits per heavy atom. The molecule has 0 aliphatic carbocycles. The quantitative estimate of drug-likeness (QED) is 0.562. The summed E-state index contributed by atoms with van der Waals surface area (Å²) in [6.45, 7) is 0. The Kier molecular flexibility index (Phi) is 4.11. The molecule has 0 aliphatic heterocycles. The van der Waals surface area contributed by atoms with Crippen molar-refractivity contribution in [2.45, 2.75) is 0 Å². The van der Waals surface area contributed by atoms with Gasteiger partial charge >= 0.3 is 5.69 Å². The summed E-state index contributed by atoms with van der Waals surface area (Å²) in [4.78, 5) is 47.0. The minimum atomic E-state index is -0.553. The first-order chi connectivity index (χ1) is 10.4. The van der Waals surface area contributed by atoms with E-state index in [9.17, 15) is 14.4 Å². The summed E-state index contributed by atoms with van der Waals surface area (Å²) >= 11 is 0. The molecule has 10 nitrogen and oxygen atoms in total. The molecule has 3 aromatic heterocycles. The predicted molar refractivity (Wildman–Crippen MR) is 77.1 cm³/mol. The van der Waals surface area contributed by atoms with E-state index in [0.29, 0.717) is 11.2 Å². The number of carbonyl (C=O) groups excluding carboxylic acids is 1. The van der Waals surface area contributed by atoms with Gasteiger partial charge in [-0.05, 0) is 0 Å². The van der Waals surface area contributed by atoms with Crippen LogP contribution in [0.4, 0.5) is 0 Å². The van der Waals surface area contributed by atoms with Gasteiger partial charge in [-0.3, -0.25) is 23.7 Å². The molecule has 0 bridgehead atoms. The Labute approximate surface area is 123 Å². The highest BCUT2D eigenvalue weighted by molar-refractivity contribution is 5.90. The lowest BCUT2D eigenvalue weighted by atomic mass is 10.4. The molecule has 0 radical (unpaired) electrons. The number of fused-ring (bicyclic) bond motifs is 1. The summed E-state index contributed by atoms with van der Waals surface area (Å²) in [5, 5.41) is 0. The van der Waals surface area contributed by atoms with Crippen LogP contribution in [0.5, 0.6) is 0 Å². The number of nitrogens with zero attached hydrogens (tertiary/aromatic N) is 5. The number of hydrogen-bond acceptors (Lipinski definition) is 6. The normalized spacial score (nSPS) is 10.1. The van der Waals surface area contributed by atoms with Crippen molar-refractivity contribution in [3.8, 4) is 0 Å². The number of rotatable bonds is 1. The number of carbonyl (C=O) groups is 1. The van der Waals surface area contributed by atoms with Crippen LogP contribution in [0.15, 0.2) is 34.5 Å². The zero-order valence-electron chi connectivity index (χ0n) is 11.8. The zero-order chi connectivity index (χ0) is 16.3. The van der Waals surface area contributed by atoms with Crippen molar-refractivity contribution in [1.29, 1.82) is 0 Å². The van der Waals surface area contributed by atoms with E-state index < -0.39 is 5.91 Å². The van der Waals surface area contributed by atoms with Crippen LogP contribution in [0.1, 0.15) is 10.5 Å². The van der Waals surface area contributed by atoms with Crippen LogP contribution in [0.2, 0.25) is 0 Å². The van der Waals surface area contributed by atoms with Crippen molar-refractivity contribution in [1.82, 2.24) is 29.1 Å². The molecule has 0 unspecified atom stereocenters. The maximum Gasteiger partial charge on any atom is 0.332 e. The maximum atomic E-state index is 11.4. The fourth-order valence-corrected chi connectivity index (χ4v) is 1.70. The SMILES string of the molecule is Cn1c(=O)c2[nH]cnc2n(C)c1=O.NC(=O)c1cnccn1. The average molecular weight is 303 g/mol. The van der Waals surface area contributed by atoms with Gasteiger partial charge in [0.25, 0.3) is 11.5 Å². The summed E-state index contributed by atoms with van der Waals surface area (Å²) < 4.78 is 2.37. The first-order valence-electron chi connectivity index (χ1n) is 6.08. The van der Waals surface area contributed by atoms with Crippen LogP contribution >= 0.6 is 0 Å². The molecule has 22 heavy (non-hydrogen) atoms. The minimum absolute atomic E-state index is 0.192.